The van der Waals surface area contributed by atoms with Gasteiger partial charge in [-0.15, -0.1) is 0 Å². The smallest absolute Gasteiger partial charge is 0.234 e. The molecule has 0 unspecified atom stereocenters. The van der Waals surface area contributed by atoms with Crippen molar-refractivity contribution in [2.45, 2.75) is 44.2 Å². The molecule has 0 aromatic heterocycles. The van der Waals surface area contributed by atoms with E-state index in [4.69, 9.17) is 0 Å². The van der Waals surface area contributed by atoms with Gasteiger partial charge in [0.15, 0.2) is 0 Å². The highest BCUT2D eigenvalue weighted by Crippen LogP contribution is 2.44. The lowest BCUT2D eigenvalue weighted by atomic mass is 9.96. The van der Waals surface area contributed by atoms with Crippen molar-refractivity contribution >= 4 is 5.91 Å². The second-order valence-corrected chi connectivity index (χ2v) is 8.54. The SMILES string of the molecule is O=C(CN(CCCO)C(c1ccccc1)c1ccccc1)NC(C1CC1)C1CC1. The van der Waals surface area contributed by atoms with Crippen molar-refractivity contribution in [1.29, 1.82) is 0 Å². The molecule has 2 aromatic carbocycles. The maximum atomic E-state index is 13.0. The van der Waals surface area contributed by atoms with Crippen LogP contribution in [0.2, 0.25) is 0 Å². The van der Waals surface area contributed by atoms with E-state index in [1.165, 1.54) is 36.8 Å². The van der Waals surface area contributed by atoms with Crippen molar-refractivity contribution in [3.63, 3.8) is 0 Å². The van der Waals surface area contributed by atoms with Crippen LogP contribution in [0.3, 0.4) is 0 Å². The normalized spacial score (nSPS) is 16.6. The Bertz CT molecular complexity index is 720. The summed E-state index contributed by atoms with van der Waals surface area (Å²) in [5.74, 6) is 1.50. The molecule has 0 aliphatic heterocycles. The fraction of sp³-hybridized carbons (Fsp3) is 0.480. The molecule has 0 radical (unpaired) electrons. The van der Waals surface area contributed by atoms with Crippen molar-refractivity contribution in [3.05, 3.63) is 71.8 Å². The van der Waals surface area contributed by atoms with Gasteiger partial charge in [-0.1, -0.05) is 60.7 Å². The molecule has 2 fully saturated rings. The predicted molar refractivity (Wildman–Crippen MR) is 115 cm³/mol. The number of aliphatic hydroxyl groups excluding tert-OH is 1. The Labute approximate surface area is 173 Å². The van der Waals surface area contributed by atoms with Crippen molar-refractivity contribution in [3.8, 4) is 0 Å². The minimum atomic E-state index is -0.00463. The summed E-state index contributed by atoms with van der Waals surface area (Å²) in [7, 11) is 0. The molecule has 29 heavy (non-hydrogen) atoms. The lowest BCUT2D eigenvalue weighted by Crippen LogP contribution is -2.45. The first-order valence-corrected chi connectivity index (χ1v) is 11.0. The summed E-state index contributed by atoms with van der Waals surface area (Å²) < 4.78 is 0. The molecule has 2 saturated carbocycles. The Morgan fingerprint density at radius 1 is 0.931 bits per heavy atom. The molecular formula is C25H32N2O2. The van der Waals surface area contributed by atoms with Gasteiger partial charge in [-0.25, -0.2) is 0 Å². The van der Waals surface area contributed by atoms with Gasteiger partial charge in [0, 0.05) is 19.2 Å². The van der Waals surface area contributed by atoms with Crippen LogP contribution >= 0.6 is 0 Å². The summed E-state index contributed by atoms with van der Waals surface area (Å²) in [6.07, 6.45) is 5.68. The van der Waals surface area contributed by atoms with Crippen LogP contribution in [0.25, 0.3) is 0 Å². The number of nitrogens with one attached hydrogen (secondary N) is 1. The van der Waals surface area contributed by atoms with Crippen molar-refractivity contribution in [1.82, 2.24) is 10.2 Å². The molecule has 2 aliphatic carbocycles. The number of benzene rings is 2. The number of carbonyl (C=O) groups is 1. The van der Waals surface area contributed by atoms with Gasteiger partial charge in [0.05, 0.1) is 12.6 Å². The number of nitrogens with zero attached hydrogens (tertiary/aromatic N) is 1. The second kappa shape index (κ2) is 9.55. The summed E-state index contributed by atoms with van der Waals surface area (Å²) in [5.41, 5.74) is 2.34. The third kappa shape index (κ3) is 5.46. The van der Waals surface area contributed by atoms with Crippen LogP contribution in [0.4, 0.5) is 0 Å². The van der Waals surface area contributed by atoms with Gasteiger partial charge in [0.1, 0.15) is 0 Å². The fourth-order valence-corrected chi connectivity index (χ4v) is 4.41. The molecular weight excluding hydrogens is 360 g/mol. The molecule has 2 N–H and O–H groups in total. The molecule has 0 heterocycles. The highest BCUT2D eigenvalue weighted by atomic mass is 16.3. The molecule has 154 valence electrons. The van der Waals surface area contributed by atoms with Crippen molar-refractivity contribution < 1.29 is 9.90 Å². The maximum Gasteiger partial charge on any atom is 0.234 e. The van der Waals surface area contributed by atoms with Gasteiger partial charge in [-0.2, -0.15) is 0 Å². The molecule has 4 nitrogen and oxygen atoms in total. The lowest BCUT2D eigenvalue weighted by molar-refractivity contribution is -0.123. The Hall–Kier alpha value is -2.17. The third-order valence-corrected chi connectivity index (χ3v) is 6.13. The maximum absolute atomic E-state index is 13.0. The molecule has 0 atom stereocenters. The van der Waals surface area contributed by atoms with Crippen LogP contribution in [0.5, 0.6) is 0 Å². The highest BCUT2D eigenvalue weighted by Gasteiger charge is 2.42. The average molecular weight is 393 g/mol. The van der Waals surface area contributed by atoms with E-state index in [1.807, 2.05) is 36.4 Å². The summed E-state index contributed by atoms with van der Waals surface area (Å²) in [6, 6.07) is 21.1. The number of carbonyl (C=O) groups excluding carboxylic acids is 1. The molecule has 0 bridgehead atoms. The Balaban J connectivity index is 1.54. The summed E-state index contributed by atoms with van der Waals surface area (Å²) >= 11 is 0. The van der Waals surface area contributed by atoms with E-state index in [1.54, 1.807) is 0 Å². The van der Waals surface area contributed by atoms with Crippen LogP contribution in [0.1, 0.15) is 49.3 Å². The third-order valence-electron chi connectivity index (χ3n) is 6.13. The van der Waals surface area contributed by atoms with Crippen LogP contribution in [-0.4, -0.2) is 41.7 Å². The summed E-state index contributed by atoms with van der Waals surface area (Å²) in [4.78, 5) is 15.3. The zero-order chi connectivity index (χ0) is 20.1. The number of hydrogen-bond donors (Lipinski definition) is 2. The Morgan fingerprint density at radius 3 is 1.90 bits per heavy atom. The van der Waals surface area contributed by atoms with E-state index in [2.05, 4.69) is 34.5 Å². The van der Waals surface area contributed by atoms with Gasteiger partial charge >= 0.3 is 0 Å². The monoisotopic (exact) mass is 392 g/mol. The van der Waals surface area contributed by atoms with Gasteiger partial charge in [-0.05, 0) is 55.1 Å². The van der Waals surface area contributed by atoms with Gasteiger partial charge < -0.3 is 10.4 Å². The molecule has 2 aliphatic rings. The van der Waals surface area contributed by atoms with E-state index >= 15 is 0 Å². The first-order valence-electron chi connectivity index (χ1n) is 11.0. The van der Waals surface area contributed by atoms with Crippen molar-refractivity contribution in [2.24, 2.45) is 11.8 Å². The zero-order valence-corrected chi connectivity index (χ0v) is 17.0. The van der Waals surface area contributed by atoms with Gasteiger partial charge in [-0.3, -0.25) is 9.69 Å². The van der Waals surface area contributed by atoms with E-state index in [9.17, 15) is 9.90 Å². The Morgan fingerprint density at radius 2 is 1.45 bits per heavy atom. The standard InChI is InChI=1S/C25H32N2O2/c28-17-7-16-27(18-23(29)26-24(19-12-13-19)20-14-15-20)25(21-8-3-1-4-9-21)22-10-5-2-6-11-22/h1-6,8-11,19-20,24-25,28H,7,12-18H2,(H,26,29). The number of aliphatic hydroxyl groups is 1. The molecule has 0 saturated heterocycles. The number of hydrogen-bond acceptors (Lipinski definition) is 3. The summed E-state index contributed by atoms with van der Waals surface area (Å²) in [5, 5.41) is 12.8. The molecule has 4 rings (SSSR count). The van der Waals surface area contributed by atoms with E-state index < -0.39 is 0 Å². The first-order chi connectivity index (χ1) is 14.3. The number of amides is 1. The lowest BCUT2D eigenvalue weighted by Gasteiger charge is -2.32. The Kier molecular flexibility index (Phi) is 6.63. The molecule has 1 amide bonds. The number of rotatable bonds is 11. The molecule has 2 aromatic rings. The van der Waals surface area contributed by atoms with Crippen LogP contribution in [0.15, 0.2) is 60.7 Å². The zero-order valence-electron chi connectivity index (χ0n) is 17.0. The predicted octanol–water partition coefficient (Wildman–Crippen LogP) is 3.77. The first kappa shape index (κ1) is 20.1. The second-order valence-electron chi connectivity index (χ2n) is 8.54. The fourth-order valence-electron chi connectivity index (χ4n) is 4.41. The van der Waals surface area contributed by atoms with Crippen LogP contribution in [0, 0.1) is 11.8 Å². The van der Waals surface area contributed by atoms with E-state index in [0.29, 0.717) is 37.4 Å². The average Bonchev–Trinajstić information content (AvgIpc) is 3.65. The molecule has 4 heteroatoms. The minimum Gasteiger partial charge on any atom is -0.396 e. The summed E-state index contributed by atoms with van der Waals surface area (Å²) in [6.45, 7) is 1.15. The van der Waals surface area contributed by atoms with Gasteiger partial charge in [0.25, 0.3) is 0 Å². The van der Waals surface area contributed by atoms with Gasteiger partial charge in [0.2, 0.25) is 5.91 Å². The van der Waals surface area contributed by atoms with Crippen molar-refractivity contribution in [2.75, 3.05) is 19.7 Å². The molecule has 0 spiro atoms. The topological polar surface area (TPSA) is 52.6 Å². The minimum absolute atomic E-state index is 0.00463. The largest absolute Gasteiger partial charge is 0.396 e. The van der Waals surface area contributed by atoms with E-state index in [-0.39, 0.29) is 18.6 Å². The highest BCUT2D eigenvalue weighted by molar-refractivity contribution is 5.78. The quantitative estimate of drug-likeness (QED) is 0.612. The van der Waals surface area contributed by atoms with Crippen LogP contribution < -0.4 is 5.32 Å². The van der Waals surface area contributed by atoms with Crippen LogP contribution in [-0.2, 0) is 4.79 Å². The van der Waals surface area contributed by atoms with E-state index in [0.717, 1.165) is 0 Å².